The third-order valence-corrected chi connectivity index (χ3v) is 5.90. The molecule has 1 unspecified atom stereocenters. The lowest BCUT2D eigenvalue weighted by Crippen LogP contribution is -2.50. The molecular weight excluding hydrogens is 386 g/mol. The molecule has 1 saturated heterocycles. The van der Waals surface area contributed by atoms with Crippen molar-refractivity contribution in [1.82, 2.24) is 19.8 Å². The summed E-state index contributed by atoms with van der Waals surface area (Å²) in [6.45, 7) is 7.06. The Hall–Kier alpha value is -3.43. The standard InChI is InChI=1S/C25H27N5O/c1-18-11-19(2)13-22(12-18)25(31)30-9-7-29(8-10-30)24(23-16-27-17-28-23)14-20-3-5-21(15-26)6-4-20/h3-6,11-13,16-17,24H,7-10,14H2,1-2H3,(H,27,28). The first-order valence-electron chi connectivity index (χ1n) is 10.6. The van der Waals surface area contributed by atoms with Crippen molar-refractivity contribution in [3.63, 3.8) is 0 Å². The lowest BCUT2D eigenvalue weighted by Gasteiger charge is -2.39. The van der Waals surface area contributed by atoms with E-state index in [1.165, 1.54) is 5.56 Å². The van der Waals surface area contributed by atoms with E-state index in [1.54, 1.807) is 6.33 Å². The van der Waals surface area contributed by atoms with Crippen molar-refractivity contribution in [3.05, 3.63) is 88.5 Å². The van der Waals surface area contributed by atoms with E-state index in [2.05, 4.69) is 27.0 Å². The molecule has 31 heavy (non-hydrogen) atoms. The molecule has 0 saturated carbocycles. The third-order valence-electron chi connectivity index (χ3n) is 5.90. The second kappa shape index (κ2) is 9.15. The van der Waals surface area contributed by atoms with E-state index in [9.17, 15) is 4.79 Å². The molecule has 2 heterocycles. The molecule has 1 aliphatic heterocycles. The second-order valence-electron chi connectivity index (χ2n) is 8.24. The summed E-state index contributed by atoms with van der Waals surface area (Å²) in [7, 11) is 0. The highest BCUT2D eigenvalue weighted by Crippen LogP contribution is 2.25. The number of nitrogens with zero attached hydrogens (tertiary/aromatic N) is 4. The molecule has 3 aromatic rings. The normalized spacial score (nSPS) is 15.5. The van der Waals surface area contributed by atoms with Crippen LogP contribution in [0.2, 0.25) is 0 Å². The van der Waals surface area contributed by atoms with Crippen LogP contribution in [0.4, 0.5) is 0 Å². The van der Waals surface area contributed by atoms with Crippen LogP contribution in [0, 0.1) is 25.2 Å². The predicted molar refractivity (Wildman–Crippen MR) is 120 cm³/mol. The number of carbonyl (C=O) groups excluding carboxylic acids is 1. The van der Waals surface area contributed by atoms with Crippen LogP contribution in [0.3, 0.4) is 0 Å². The van der Waals surface area contributed by atoms with Crippen LogP contribution in [0.25, 0.3) is 0 Å². The maximum absolute atomic E-state index is 13.0. The number of aromatic amines is 1. The Morgan fingerprint density at radius 2 is 1.77 bits per heavy atom. The summed E-state index contributed by atoms with van der Waals surface area (Å²) in [6, 6.07) is 16.1. The molecule has 6 heteroatoms. The monoisotopic (exact) mass is 413 g/mol. The summed E-state index contributed by atoms with van der Waals surface area (Å²) in [5, 5.41) is 9.04. The van der Waals surface area contributed by atoms with Crippen LogP contribution in [0.5, 0.6) is 0 Å². The number of H-pyrrole nitrogens is 1. The number of amides is 1. The molecule has 0 bridgehead atoms. The van der Waals surface area contributed by atoms with E-state index < -0.39 is 0 Å². The van der Waals surface area contributed by atoms with E-state index in [-0.39, 0.29) is 11.9 Å². The molecular formula is C25H27N5O. The van der Waals surface area contributed by atoms with Crippen molar-refractivity contribution in [2.45, 2.75) is 26.3 Å². The molecule has 2 aromatic carbocycles. The minimum Gasteiger partial charge on any atom is -0.347 e. The molecule has 1 aromatic heterocycles. The molecule has 1 amide bonds. The first-order valence-corrected chi connectivity index (χ1v) is 10.6. The quantitative estimate of drug-likeness (QED) is 0.693. The SMILES string of the molecule is Cc1cc(C)cc(C(=O)N2CCN(C(Cc3ccc(C#N)cc3)c3cnc[nH]3)CC2)c1. The van der Waals surface area contributed by atoms with Gasteiger partial charge in [-0.2, -0.15) is 5.26 Å². The molecule has 4 rings (SSSR count). The highest BCUT2D eigenvalue weighted by molar-refractivity contribution is 5.94. The minimum atomic E-state index is 0.108. The Morgan fingerprint density at radius 1 is 1.10 bits per heavy atom. The summed E-state index contributed by atoms with van der Waals surface area (Å²) in [5.74, 6) is 0.108. The van der Waals surface area contributed by atoms with E-state index in [4.69, 9.17) is 5.26 Å². The number of aromatic nitrogens is 2. The number of benzene rings is 2. The predicted octanol–water partition coefficient (Wildman–Crippen LogP) is 3.64. The van der Waals surface area contributed by atoms with Crippen molar-refractivity contribution in [3.8, 4) is 6.07 Å². The summed E-state index contributed by atoms with van der Waals surface area (Å²) in [5.41, 5.74) is 5.91. The Balaban J connectivity index is 1.46. The van der Waals surface area contributed by atoms with Crippen molar-refractivity contribution >= 4 is 5.91 Å². The Kier molecular flexibility index (Phi) is 6.15. The molecule has 6 nitrogen and oxygen atoms in total. The summed E-state index contributed by atoms with van der Waals surface area (Å²) >= 11 is 0. The zero-order valence-corrected chi connectivity index (χ0v) is 18.0. The van der Waals surface area contributed by atoms with Gasteiger partial charge in [-0.05, 0) is 50.1 Å². The number of carbonyl (C=O) groups is 1. The van der Waals surface area contributed by atoms with Gasteiger partial charge in [-0.25, -0.2) is 4.98 Å². The lowest BCUT2D eigenvalue weighted by atomic mass is 10.00. The Bertz CT molecular complexity index is 1050. The van der Waals surface area contributed by atoms with Crippen molar-refractivity contribution in [1.29, 1.82) is 5.26 Å². The Labute approximate surface area is 183 Å². The fraction of sp³-hybridized carbons (Fsp3) is 0.320. The number of piperazine rings is 1. The molecule has 1 atom stereocenters. The molecule has 1 aliphatic rings. The zero-order chi connectivity index (χ0) is 21.8. The first kappa shape index (κ1) is 20.8. The van der Waals surface area contributed by atoms with E-state index in [1.807, 2.05) is 61.3 Å². The average molecular weight is 414 g/mol. The molecule has 0 spiro atoms. The van der Waals surface area contributed by atoms with Gasteiger partial charge in [0.2, 0.25) is 0 Å². The Morgan fingerprint density at radius 3 is 2.35 bits per heavy atom. The number of hydrogen-bond acceptors (Lipinski definition) is 4. The van der Waals surface area contributed by atoms with Gasteiger partial charge in [0.05, 0.1) is 29.7 Å². The van der Waals surface area contributed by atoms with Crippen LogP contribution in [0.1, 0.15) is 44.3 Å². The molecule has 1 fully saturated rings. The highest BCUT2D eigenvalue weighted by Gasteiger charge is 2.28. The van der Waals surface area contributed by atoms with Gasteiger partial charge in [-0.15, -0.1) is 0 Å². The fourth-order valence-electron chi connectivity index (χ4n) is 4.34. The second-order valence-corrected chi connectivity index (χ2v) is 8.24. The van der Waals surface area contributed by atoms with Gasteiger partial charge in [0.25, 0.3) is 5.91 Å². The highest BCUT2D eigenvalue weighted by atomic mass is 16.2. The number of hydrogen-bond donors (Lipinski definition) is 1. The number of aryl methyl sites for hydroxylation is 2. The van der Waals surface area contributed by atoms with Crippen LogP contribution in [0.15, 0.2) is 55.0 Å². The number of nitriles is 1. The summed E-state index contributed by atoms with van der Waals surface area (Å²) in [4.78, 5) is 24.9. The minimum absolute atomic E-state index is 0.108. The third kappa shape index (κ3) is 4.84. The fourth-order valence-corrected chi connectivity index (χ4v) is 4.34. The van der Waals surface area contributed by atoms with Crippen LogP contribution in [-0.2, 0) is 6.42 Å². The van der Waals surface area contributed by atoms with Gasteiger partial charge < -0.3 is 9.88 Å². The number of imidazole rings is 1. The molecule has 0 radical (unpaired) electrons. The van der Waals surface area contributed by atoms with E-state index >= 15 is 0 Å². The van der Waals surface area contributed by atoms with Crippen molar-refractivity contribution < 1.29 is 4.79 Å². The van der Waals surface area contributed by atoms with Crippen molar-refractivity contribution in [2.75, 3.05) is 26.2 Å². The van der Waals surface area contributed by atoms with E-state index in [0.29, 0.717) is 18.7 Å². The summed E-state index contributed by atoms with van der Waals surface area (Å²) < 4.78 is 0. The van der Waals surface area contributed by atoms with Gasteiger partial charge in [0.15, 0.2) is 0 Å². The molecule has 158 valence electrons. The van der Waals surface area contributed by atoms with Gasteiger partial charge in [-0.1, -0.05) is 29.3 Å². The average Bonchev–Trinajstić information content (AvgIpc) is 3.31. The van der Waals surface area contributed by atoms with Gasteiger partial charge >= 0.3 is 0 Å². The lowest BCUT2D eigenvalue weighted by molar-refractivity contribution is 0.0562. The van der Waals surface area contributed by atoms with Gasteiger partial charge in [-0.3, -0.25) is 9.69 Å². The van der Waals surface area contributed by atoms with Crippen LogP contribution >= 0.6 is 0 Å². The first-order chi connectivity index (χ1) is 15.0. The van der Waals surface area contributed by atoms with Crippen molar-refractivity contribution in [2.24, 2.45) is 0 Å². The number of rotatable bonds is 5. The topological polar surface area (TPSA) is 76.0 Å². The summed E-state index contributed by atoms with van der Waals surface area (Å²) in [6.07, 6.45) is 4.40. The molecule has 1 N–H and O–H groups in total. The smallest absolute Gasteiger partial charge is 0.253 e. The van der Waals surface area contributed by atoms with Crippen LogP contribution < -0.4 is 0 Å². The molecule has 0 aliphatic carbocycles. The van der Waals surface area contributed by atoms with Crippen LogP contribution in [-0.4, -0.2) is 51.9 Å². The zero-order valence-electron chi connectivity index (χ0n) is 18.0. The maximum Gasteiger partial charge on any atom is 0.253 e. The van der Waals surface area contributed by atoms with Gasteiger partial charge in [0, 0.05) is 37.9 Å². The maximum atomic E-state index is 13.0. The largest absolute Gasteiger partial charge is 0.347 e. The number of nitrogens with one attached hydrogen (secondary N) is 1. The van der Waals surface area contributed by atoms with E-state index in [0.717, 1.165) is 41.9 Å². The van der Waals surface area contributed by atoms with Gasteiger partial charge in [0.1, 0.15) is 0 Å².